The van der Waals surface area contributed by atoms with Gasteiger partial charge in [0.1, 0.15) is 0 Å². The van der Waals surface area contributed by atoms with Gasteiger partial charge in [0, 0.05) is 43.9 Å². The number of hydrogen-bond acceptors (Lipinski definition) is 3. The summed E-state index contributed by atoms with van der Waals surface area (Å²) in [7, 11) is 1.93. The smallest absolute Gasteiger partial charge is 0.239 e. The van der Waals surface area contributed by atoms with Crippen LogP contribution in [0.1, 0.15) is 52.8 Å². The van der Waals surface area contributed by atoms with Gasteiger partial charge in [0.2, 0.25) is 5.91 Å². The van der Waals surface area contributed by atoms with Gasteiger partial charge in [-0.1, -0.05) is 20.8 Å². The molecule has 1 unspecified atom stereocenters. The van der Waals surface area contributed by atoms with Gasteiger partial charge in [0.05, 0.1) is 11.7 Å². The van der Waals surface area contributed by atoms with Gasteiger partial charge < -0.3 is 10.2 Å². The molecule has 1 N–H and O–H groups in total. The highest BCUT2D eigenvalue weighted by molar-refractivity contribution is 5.81. The Hall–Kier alpha value is -1.36. The molecule has 0 saturated carbocycles. The summed E-state index contributed by atoms with van der Waals surface area (Å²) in [5.74, 6) is 0.154. The summed E-state index contributed by atoms with van der Waals surface area (Å²) in [5.41, 5.74) is 2.24. The Kier molecular flexibility index (Phi) is 5.96. The fraction of sp³-hybridized carbons (Fsp3) is 0.750. The van der Waals surface area contributed by atoms with Crippen LogP contribution in [0.25, 0.3) is 0 Å². The monoisotopic (exact) mass is 294 g/mol. The summed E-state index contributed by atoms with van der Waals surface area (Å²) in [6.45, 7) is 14.6. The molecular formula is C16H30N4O. The van der Waals surface area contributed by atoms with E-state index < -0.39 is 0 Å². The van der Waals surface area contributed by atoms with E-state index >= 15 is 0 Å². The normalized spacial score (nSPS) is 13.3. The van der Waals surface area contributed by atoms with Crippen molar-refractivity contribution in [1.29, 1.82) is 0 Å². The summed E-state index contributed by atoms with van der Waals surface area (Å²) >= 11 is 0. The first-order valence-corrected chi connectivity index (χ1v) is 7.75. The zero-order valence-electron chi connectivity index (χ0n) is 14.5. The lowest BCUT2D eigenvalue weighted by molar-refractivity contribution is -0.132. The summed E-state index contributed by atoms with van der Waals surface area (Å²) in [6.07, 6.45) is 2.03. The maximum atomic E-state index is 12.3. The number of hydrogen-bond donors (Lipinski definition) is 1. The SMILES string of the molecule is CCN(CC)C(=O)C(C)NCc1cn(C)nc1C(C)(C)C. The number of rotatable bonds is 6. The first-order valence-electron chi connectivity index (χ1n) is 7.75. The highest BCUT2D eigenvalue weighted by Crippen LogP contribution is 2.24. The van der Waals surface area contributed by atoms with Crippen molar-refractivity contribution in [2.75, 3.05) is 13.1 Å². The number of nitrogens with one attached hydrogen (secondary N) is 1. The van der Waals surface area contributed by atoms with Crippen LogP contribution in [0.5, 0.6) is 0 Å². The molecule has 0 saturated heterocycles. The molecule has 0 radical (unpaired) electrons. The summed E-state index contributed by atoms with van der Waals surface area (Å²) < 4.78 is 1.84. The number of likely N-dealkylation sites (N-methyl/N-ethyl adjacent to an activating group) is 1. The van der Waals surface area contributed by atoms with Gasteiger partial charge in [-0.3, -0.25) is 9.48 Å². The molecule has 0 aliphatic carbocycles. The molecule has 1 atom stereocenters. The third-order valence-electron chi connectivity index (χ3n) is 3.66. The van der Waals surface area contributed by atoms with Crippen molar-refractivity contribution in [3.8, 4) is 0 Å². The van der Waals surface area contributed by atoms with E-state index in [0.29, 0.717) is 6.54 Å². The molecule has 1 aromatic heterocycles. The number of aromatic nitrogens is 2. The van der Waals surface area contributed by atoms with Gasteiger partial charge in [-0.25, -0.2) is 0 Å². The maximum absolute atomic E-state index is 12.3. The van der Waals surface area contributed by atoms with Crippen molar-refractivity contribution in [2.24, 2.45) is 7.05 Å². The maximum Gasteiger partial charge on any atom is 0.239 e. The van der Waals surface area contributed by atoms with Gasteiger partial charge in [-0.2, -0.15) is 5.10 Å². The van der Waals surface area contributed by atoms with E-state index in [1.54, 1.807) is 0 Å². The number of amides is 1. The lowest BCUT2D eigenvalue weighted by Crippen LogP contribution is -2.44. The van der Waals surface area contributed by atoms with Crippen LogP contribution < -0.4 is 5.32 Å². The second kappa shape index (κ2) is 7.07. The van der Waals surface area contributed by atoms with Crippen molar-refractivity contribution in [1.82, 2.24) is 20.0 Å². The average Bonchev–Trinajstić information content (AvgIpc) is 2.78. The molecular weight excluding hydrogens is 264 g/mol. The van der Waals surface area contributed by atoms with Crippen LogP contribution in [-0.2, 0) is 23.8 Å². The number of nitrogens with zero attached hydrogens (tertiary/aromatic N) is 3. The van der Waals surface area contributed by atoms with Crippen LogP contribution in [0.2, 0.25) is 0 Å². The summed E-state index contributed by atoms with van der Waals surface area (Å²) in [5, 5.41) is 7.88. The van der Waals surface area contributed by atoms with E-state index in [9.17, 15) is 4.79 Å². The van der Waals surface area contributed by atoms with Gasteiger partial charge in [0.25, 0.3) is 0 Å². The standard InChI is InChI=1S/C16H30N4O/c1-8-20(9-2)15(21)12(3)17-10-13-11-19(7)18-14(13)16(4,5)6/h11-12,17H,8-10H2,1-7H3. The quantitative estimate of drug-likeness (QED) is 0.874. The molecule has 120 valence electrons. The molecule has 21 heavy (non-hydrogen) atoms. The average molecular weight is 294 g/mol. The highest BCUT2D eigenvalue weighted by atomic mass is 16.2. The Morgan fingerprint density at radius 1 is 1.38 bits per heavy atom. The van der Waals surface area contributed by atoms with Crippen LogP contribution in [-0.4, -0.2) is 39.7 Å². The molecule has 1 heterocycles. The molecule has 1 aromatic rings. The Labute approximate surface area is 128 Å². The van der Waals surface area contributed by atoms with Crippen LogP contribution in [0, 0.1) is 0 Å². The van der Waals surface area contributed by atoms with Crippen LogP contribution in [0.4, 0.5) is 0 Å². The Morgan fingerprint density at radius 3 is 2.43 bits per heavy atom. The van der Waals surface area contributed by atoms with Crippen molar-refractivity contribution >= 4 is 5.91 Å². The van der Waals surface area contributed by atoms with Crippen LogP contribution in [0.15, 0.2) is 6.20 Å². The second-order valence-electron chi connectivity index (χ2n) is 6.54. The zero-order chi connectivity index (χ0) is 16.2. The Morgan fingerprint density at radius 2 is 1.95 bits per heavy atom. The Balaban J connectivity index is 2.74. The lowest BCUT2D eigenvalue weighted by atomic mass is 9.89. The molecule has 0 bridgehead atoms. The molecule has 1 amide bonds. The minimum atomic E-state index is -0.182. The molecule has 0 aromatic carbocycles. The minimum absolute atomic E-state index is 0.00436. The molecule has 0 fully saturated rings. The van der Waals surface area contributed by atoms with Crippen molar-refractivity contribution in [2.45, 2.75) is 59.5 Å². The number of aryl methyl sites for hydroxylation is 1. The summed E-state index contributed by atoms with van der Waals surface area (Å²) in [6, 6.07) is -0.182. The van der Waals surface area contributed by atoms with Gasteiger partial charge in [-0.05, 0) is 20.8 Å². The predicted molar refractivity (Wildman–Crippen MR) is 86.1 cm³/mol. The van der Waals surface area contributed by atoms with E-state index in [1.807, 2.05) is 43.6 Å². The lowest BCUT2D eigenvalue weighted by Gasteiger charge is -2.24. The summed E-state index contributed by atoms with van der Waals surface area (Å²) in [4.78, 5) is 14.1. The molecule has 1 rings (SSSR count). The third-order valence-corrected chi connectivity index (χ3v) is 3.66. The first kappa shape index (κ1) is 17.7. The largest absolute Gasteiger partial charge is 0.342 e. The molecule has 0 aliphatic rings. The molecule has 5 nitrogen and oxygen atoms in total. The predicted octanol–water partition coefficient (Wildman–Crippen LogP) is 2.06. The fourth-order valence-corrected chi connectivity index (χ4v) is 2.46. The minimum Gasteiger partial charge on any atom is -0.342 e. The Bertz CT molecular complexity index is 469. The third kappa shape index (κ3) is 4.56. The molecule has 0 aliphatic heterocycles. The topological polar surface area (TPSA) is 50.2 Å². The molecule has 5 heteroatoms. The first-order chi connectivity index (χ1) is 9.70. The highest BCUT2D eigenvalue weighted by Gasteiger charge is 2.23. The van der Waals surface area contributed by atoms with E-state index in [0.717, 1.165) is 24.3 Å². The van der Waals surface area contributed by atoms with E-state index in [2.05, 4.69) is 31.2 Å². The van der Waals surface area contributed by atoms with Crippen LogP contribution >= 0.6 is 0 Å². The van der Waals surface area contributed by atoms with Gasteiger partial charge >= 0.3 is 0 Å². The van der Waals surface area contributed by atoms with Crippen molar-refractivity contribution in [3.63, 3.8) is 0 Å². The van der Waals surface area contributed by atoms with Crippen LogP contribution in [0.3, 0.4) is 0 Å². The van der Waals surface area contributed by atoms with Gasteiger partial charge in [0.15, 0.2) is 0 Å². The second-order valence-corrected chi connectivity index (χ2v) is 6.54. The van der Waals surface area contributed by atoms with Gasteiger partial charge in [-0.15, -0.1) is 0 Å². The van der Waals surface area contributed by atoms with Crippen molar-refractivity contribution in [3.05, 3.63) is 17.5 Å². The molecule has 0 spiro atoms. The zero-order valence-corrected chi connectivity index (χ0v) is 14.5. The van der Waals surface area contributed by atoms with E-state index in [1.165, 1.54) is 0 Å². The number of carbonyl (C=O) groups excluding carboxylic acids is 1. The fourth-order valence-electron chi connectivity index (χ4n) is 2.46. The van der Waals surface area contributed by atoms with Crippen molar-refractivity contribution < 1.29 is 4.79 Å². The van der Waals surface area contributed by atoms with E-state index in [4.69, 9.17) is 0 Å². The number of carbonyl (C=O) groups is 1. The van der Waals surface area contributed by atoms with E-state index in [-0.39, 0.29) is 17.4 Å².